The molecule has 0 aliphatic rings. The summed E-state index contributed by atoms with van der Waals surface area (Å²) in [7, 11) is 0. The van der Waals surface area contributed by atoms with E-state index in [9.17, 15) is 0 Å². The topological polar surface area (TPSA) is 78.1 Å². The minimum atomic E-state index is 0.631. The van der Waals surface area contributed by atoms with E-state index in [0.717, 1.165) is 19.6 Å². The second-order valence-electron chi connectivity index (χ2n) is 4.94. The molecular weight excluding hydrogens is 186 g/mol. The SMILES string of the molecule is CC(CN)CCC(CN)CCC(C)CN. The van der Waals surface area contributed by atoms with Crippen molar-refractivity contribution in [1.82, 2.24) is 0 Å². The molecule has 0 bridgehead atoms. The second-order valence-corrected chi connectivity index (χ2v) is 4.94. The Bertz CT molecular complexity index is 125. The van der Waals surface area contributed by atoms with Crippen molar-refractivity contribution in [3.8, 4) is 0 Å². The summed E-state index contributed by atoms with van der Waals surface area (Å²) in [6.07, 6.45) is 4.84. The maximum atomic E-state index is 5.77. The third-order valence-corrected chi connectivity index (χ3v) is 3.27. The van der Waals surface area contributed by atoms with Gasteiger partial charge in [0, 0.05) is 0 Å². The first-order valence-corrected chi connectivity index (χ1v) is 6.24. The molecule has 0 fully saturated rings. The van der Waals surface area contributed by atoms with E-state index in [0.29, 0.717) is 17.8 Å². The lowest BCUT2D eigenvalue weighted by atomic mass is 9.90. The molecule has 0 heterocycles. The highest BCUT2D eigenvalue weighted by molar-refractivity contribution is 4.65. The molecule has 2 atom stereocenters. The molecular formula is C12H29N3. The standard InChI is InChI=1S/C12H29N3/c1-10(7-13)3-5-12(9-15)6-4-11(2)8-14/h10-12H,3-9,13-15H2,1-2H3. The van der Waals surface area contributed by atoms with Gasteiger partial charge in [0.25, 0.3) is 0 Å². The molecule has 3 heteroatoms. The average molecular weight is 215 g/mol. The van der Waals surface area contributed by atoms with Crippen LogP contribution >= 0.6 is 0 Å². The summed E-state index contributed by atoms with van der Waals surface area (Å²) in [6.45, 7) is 6.79. The van der Waals surface area contributed by atoms with Crippen LogP contribution < -0.4 is 17.2 Å². The predicted octanol–water partition coefficient (Wildman–Crippen LogP) is 1.31. The maximum absolute atomic E-state index is 5.77. The Morgan fingerprint density at radius 2 is 1.07 bits per heavy atom. The van der Waals surface area contributed by atoms with Crippen molar-refractivity contribution in [2.75, 3.05) is 19.6 Å². The summed E-state index contributed by atoms with van der Waals surface area (Å²) in [5.74, 6) is 1.92. The van der Waals surface area contributed by atoms with Crippen molar-refractivity contribution in [3.05, 3.63) is 0 Å². The summed E-state index contributed by atoms with van der Waals surface area (Å²) in [4.78, 5) is 0. The summed E-state index contributed by atoms with van der Waals surface area (Å²) < 4.78 is 0. The van der Waals surface area contributed by atoms with Crippen LogP contribution in [-0.4, -0.2) is 19.6 Å². The number of hydrogen-bond acceptors (Lipinski definition) is 3. The molecule has 0 saturated carbocycles. The van der Waals surface area contributed by atoms with Gasteiger partial charge < -0.3 is 17.2 Å². The summed E-state index contributed by atoms with van der Waals surface area (Å²) in [5, 5.41) is 0. The van der Waals surface area contributed by atoms with Crippen LogP contribution in [0.1, 0.15) is 39.5 Å². The molecule has 92 valence electrons. The van der Waals surface area contributed by atoms with Crippen LogP contribution in [0.3, 0.4) is 0 Å². The Hall–Kier alpha value is -0.120. The minimum absolute atomic E-state index is 0.631. The Kier molecular flexibility index (Phi) is 9.06. The van der Waals surface area contributed by atoms with E-state index in [-0.39, 0.29) is 0 Å². The van der Waals surface area contributed by atoms with Crippen molar-refractivity contribution in [3.63, 3.8) is 0 Å². The fourth-order valence-electron chi connectivity index (χ4n) is 1.66. The zero-order valence-electron chi connectivity index (χ0n) is 10.4. The first-order valence-electron chi connectivity index (χ1n) is 6.24. The normalized spacial score (nSPS) is 17.4. The fraction of sp³-hybridized carbons (Fsp3) is 1.00. The lowest BCUT2D eigenvalue weighted by Crippen LogP contribution is -2.19. The number of rotatable bonds is 9. The van der Waals surface area contributed by atoms with Gasteiger partial charge in [0.2, 0.25) is 0 Å². The van der Waals surface area contributed by atoms with E-state index in [2.05, 4.69) is 13.8 Å². The molecule has 0 aromatic rings. The average Bonchev–Trinajstić information content (AvgIpc) is 2.28. The van der Waals surface area contributed by atoms with Crippen molar-refractivity contribution in [2.45, 2.75) is 39.5 Å². The van der Waals surface area contributed by atoms with Gasteiger partial charge in [-0.15, -0.1) is 0 Å². The van der Waals surface area contributed by atoms with E-state index in [1.165, 1.54) is 25.7 Å². The van der Waals surface area contributed by atoms with Crippen LogP contribution in [0, 0.1) is 17.8 Å². The van der Waals surface area contributed by atoms with Gasteiger partial charge in [-0.25, -0.2) is 0 Å². The van der Waals surface area contributed by atoms with Crippen molar-refractivity contribution >= 4 is 0 Å². The highest BCUT2D eigenvalue weighted by atomic mass is 14.6. The monoisotopic (exact) mass is 215 g/mol. The van der Waals surface area contributed by atoms with E-state index >= 15 is 0 Å². The predicted molar refractivity (Wildman–Crippen MR) is 67.4 cm³/mol. The van der Waals surface area contributed by atoms with Gasteiger partial charge in [0.15, 0.2) is 0 Å². The third-order valence-electron chi connectivity index (χ3n) is 3.27. The molecule has 0 saturated heterocycles. The Morgan fingerprint density at radius 1 is 0.667 bits per heavy atom. The van der Waals surface area contributed by atoms with Gasteiger partial charge in [-0.05, 0) is 63.1 Å². The second kappa shape index (κ2) is 9.13. The third kappa shape index (κ3) is 7.77. The van der Waals surface area contributed by atoms with E-state index in [4.69, 9.17) is 17.2 Å². The molecule has 0 rings (SSSR count). The van der Waals surface area contributed by atoms with Gasteiger partial charge >= 0.3 is 0 Å². The quantitative estimate of drug-likeness (QED) is 0.542. The van der Waals surface area contributed by atoms with Gasteiger partial charge in [-0.2, -0.15) is 0 Å². The molecule has 3 nitrogen and oxygen atoms in total. The van der Waals surface area contributed by atoms with Gasteiger partial charge in [0.1, 0.15) is 0 Å². The smallest absolute Gasteiger partial charge is 0.00489 e. The summed E-state index contributed by atoms with van der Waals surface area (Å²) >= 11 is 0. The molecule has 0 aromatic heterocycles. The van der Waals surface area contributed by atoms with Crippen LogP contribution in [0.2, 0.25) is 0 Å². The van der Waals surface area contributed by atoms with Crippen LogP contribution in [0.15, 0.2) is 0 Å². The molecule has 0 spiro atoms. The largest absolute Gasteiger partial charge is 0.330 e. The van der Waals surface area contributed by atoms with E-state index in [1.807, 2.05) is 0 Å². The molecule has 0 radical (unpaired) electrons. The number of nitrogens with two attached hydrogens (primary N) is 3. The maximum Gasteiger partial charge on any atom is -0.00489 e. The van der Waals surface area contributed by atoms with Crippen LogP contribution in [0.5, 0.6) is 0 Å². The first kappa shape index (κ1) is 14.9. The van der Waals surface area contributed by atoms with Crippen LogP contribution in [0.25, 0.3) is 0 Å². The Morgan fingerprint density at radius 3 is 1.33 bits per heavy atom. The van der Waals surface area contributed by atoms with Gasteiger partial charge in [-0.1, -0.05) is 13.8 Å². The molecule has 0 aliphatic carbocycles. The van der Waals surface area contributed by atoms with Crippen molar-refractivity contribution < 1.29 is 0 Å². The molecule has 6 N–H and O–H groups in total. The molecule has 0 aliphatic heterocycles. The summed E-state index contributed by atoms with van der Waals surface area (Å²) in [5.41, 5.74) is 17.0. The van der Waals surface area contributed by atoms with Gasteiger partial charge in [0.05, 0.1) is 0 Å². The summed E-state index contributed by atoms with van der Waals surface area (Å²) in [6, 6.07) is 0. The first-order chi connectivity index (χ1) is 7.13. The zero-order valence-corrected chi connectivity index (χ0v) is 10.4. The number of hydrogen-bond donors (Lipinski definition) is 3. The Labute approximate surface area is 94.8 Å². The highest BCUT2D eigenvalue weighted by Gasteiger charge is 2.10. The highest BCUT2D eigenvalue weighted by Crippen LogP contribution is 2.18. The Balaban J connectivity index is 3.63. The van der Waals surface area contributed by atoms with Gasteiger partial charge in [-0.3, -0.25) is 0 Å². The van der Waals surface area contributed by atoms with Crippen LogP contribution in [0.4, 0.5) is 0 Å². The van der Waals surface area contributed by atoms with Crippen molar-refractivity contribution in [1.29, 1.82) is 0 Å². The van der Waals surface area contributed by atoms with E-state index in [1.54, 1.807) is 0 Å². The molecule has 15 heavy (non-hydrogen) atoms. The molecule has 0 amide bonds. The van der Waals surface area contributed by atoms with Crippen LogP contribution in [-0.2, 0) is 0 Å². The van der Waals surface area contributed by atoms with E-state index < -0.39 is 0 Å². The lowest BCUT2D eigenvalue weighted by Gasteiger charge is -2.18. The lowest BCUT2D eigenvalue weighted by molar-refractivity contribution is 0.365. The van der Waals surface area contributed by atoms with Crippen molar-refractivity contribution in [2.24, 2.45) is 35.0 Å². The molecule has 0 aromatic carbocycles. The fourth-order valence-corrected chi connectivity index (χ4v) is 1.66. The molecule has 2 unspecified atom stereocenters. The minimum Gasteiger partial charge on any atom is -0.330 e. The zero-order chi connectivity index (χ0) is 11.7.